The van der Waals surface area contributed by atoms with Gasteiger partial charge in [0.05, 0.1) is 26.4 Å². The van der Waals surface area contributed by atoms with Gasteiger partial charge in [-0.25, -0.2) is 0 Å². The number of hydrogen-bond acceptors (Lipinski definition) is 6. The number of anilines is 2. The number of nitrogens with zero attached hydrogens (tertiary/aromatic N) is 2. The maximum absolute atomic E-state index is 7.76. The molecule has 4 heterocycles. The van der Waals surface area contributed by atoms with Gasteiger partial charge >= 0.3 is 0 Å². The molecule has 5 aromatic rings. The fourth-order valence-electron chi connectivity index (χ4n) is 9.85. The van der Waals surface area contributed by atoms with Crippen molar-refractivity contribution < 1.29 is 18.9 Å². The van der Waals surface area contributed by atoms with E-state index in [0.29, 0.717) is 5.92 Å². The first kappa shape index (κ1) is 33.9. The van der Waals surface area contributed by atoms with Crippen LogP contribution in [0.2, 0.25) is 0 Å². The molecule has 3 saturated heterocycles. The summed E-state index contributed by atoms with van der Waals surface area (Å²) in [6.45, 7) is 13.1. The van der Waals surface area contributed by atoms with Crippen LogP contribution in [-0.2, 0) is 31.6 Å². The zero-order valence-electron chi connectivity index (χ0n) is 31.6. The topological polar surface area (TPSA) is 43.4 Å². The second-order valence-corrected chi connectivity index (χ2v) is 16.3. The Labute approximate surface area is 319 Å². The number of morpholine rings is 2. The third kappa shape index (κ3) is 5.64. The van der Waals surface area contributed by atoms with Crippen molar-refractivity contribution in [2.24, 2.45) is 5.92 Å². The van der Waals surface area contributed by atoms with E-state index in [1.54, 1.807) is 0 Å². The van der Waals surface area contributed by atoms with Gasteiger partial charge in [-0.15, -0.1) is 0 Å². The van der Waals surface area contributed by atoms with Gasteiger partial charge in [-0.1, -0.05) is 86.7 Å². The van der Waals surface area contributed by atoms with E-state index in [2.05, 4.69) is 127 Å². The van der Waals surface area contributed by atoms with Crippen molar-refractivity contribution in [2.75, 3.05) is 75.6 Å². The Hall–Kier alpha value is -4.62. The second kappa shape index (κ2) is 13.6. The van der Waals surface area contributed by atoms with Crippen LogP contribution in [0.25, 0.3) is 28.0 Å². The minimum absolute atomic E-state index is 0.188. The molecule has 3 fully saturated rings. The molecular weight excluding hydrogens is 669 g/mol. The first-order valence-corrected chi connectivity index (χ1v) is 20.0. The Bertz CT molecular complexity index is 2210. The van der Waals surface area contributed by atoms with Gasteiger partial charge in [0, 0.05) is 78.3 Å². The molecule has 54 heavy (non-hydrogen) atoms. The monoisotopic (exact) mass is 718 g/mol. The largest absolute Gasteiger partial charge is 0.472 e. The van der Waals surface area contributed by atoms with Crippen molar-refractivity contribution in [2.45, 2.75) is 44.1 Å². The van der Waals surface area contributed by atoms with Gasteiger partial charge in [-0.05, 0) is 88.7 Å². The van der Waals surface area contributed by atoms with Crippen LogP contribution >= 0.6 is 0 Å². The maximum atomic E-state index is 7.76. The van der Waals surface area contributed by atoms with Crippen LogP contribution in [0.1, 0.15) is 60.1 Å². The zero-order chi connectivity index (χ0) is 36.3. The van der Waals surface area contributed by atoms with E-state index in [-0.39, 0.29) is 5.41 Å². The predicted molar refractivity (Wildman–Crippen MR) is 218 cm³/mol. The van der Waals surface area contributed by atoms with Crippen LogP contribution in [0.15, 0.2) is 97.1 Å². The van der Waals surface area contributed by atoms with Crippen LogP contribution in [0, 0.1) is 5.92 Å². The molecule has 0 N–H and O–H groups in total. The van der Waals surface area contributed by atoms with Gasteiger partial charge in [0.25, 0.3) is 0 Å². The van der Waals surface area contributed by atoms with E-state index in [4.69, 9.17) is 18.9 Å². The predicted octanol–water partition coefficient (Wildman–Crippen LogP) is 9.14. The highest BCUT2D eigenvalue weighted by molar-refractivity contribution is 6.09. The summed E-state index contributed by atoms with van der Waals surface area (Å²) in [5.41, 5.74) is 11.7. The number of ether oxygens (including phenoxy) is 4. The number of benzene rings is 5. The van der Waals surface area contributed by atoms with Crippen molar-refractivity contribution in [3.8, 4) is 16.9 Å². The third-order valence-electron chi connectivity index (χ3n) is 12.8. The molecule has 4 aliphatic heterocycles. The summed E-state index contributed by atoms with van der Waals surface area (Å²) < 4.78 is 24.8. The summed E-state index contributed by atoms with van der Waals surface area (Å²) in [5.74, 6) is 1.64. The highest BCUT2D eigenvalue weighted by atomic mass is 16.5. The lowest BCUT2D eigenvalue weighted by atomic mass is 9.76. The normalized spacial score (nSPS) is 22.1. The van der Waals surface area contributed by atoms with Gasteiger partial charge < -0.3 is 28.7 Å². The van der Waals surface area contributed by atoms with E-state index >= 15 is 0 Å². The van der Waals surface area contributed by atoms with Gasteiger partial charge in [-0.2, -0.15) is 0 Å². The molecule has 6 heteroatoms. The lowest BCUT2D eigenvalue weighted by Crippen LogP contribution is -2.37. The SMILES string of the molecule is CC1(C)c2ccccc2-c2c1c1c(c3cc(N4CCOCC4)ccc23)OC(c2ccc(CC3CCOCC3)cc2)(c2ccc(N3CCOCC3)cc2)C=C1. The average molecular weight is 719 g/mol. The molecule has 0 saturated carbocycles. The van der Waals surface area contributed by atoms with E-state index in [1.807, 2.05) is 0 Å². The second-order valence-electron chi connectivity index (χ2n) is 16.3. The smallest absolute Gasteiger partial charge is 0.178 e. The molecule has 0 spiro atoms. The summed E-state index contributed by atoms with van der Waals surface area (Å²) in [7, 11) is 0. The molecule has 5 aromatic carbocycles. The summed E-state index contributed by atoms with van der Waals surface area (Å²) in [6, 6.07) is 34.4. The Morgan fingerprint density at radius 2 is 1.26 bits per heavy atom. The van der Waals surface area contributed by atoms with E-state index in [9.17, 15) is 0 Å². The third-order valence-corrected chi connectivity index (χ3v) is 12.8. The summed E-state index contributed by atoms with van der Waals surface area (Å²) in [4.78, 5) is 4.87. The molecule has 0 radical (unpaired) electrons. The average Bonchev–Trinajstić information content (AvgIpc) is 3.48. The molecule has 6 nitrogen and oxygen atoms in total. The van der Waals surface area contributed by atoms with E-state index < -0.39 is 5.60 Å². The van der Waals surface area contributed by atoms with Gasteiger partial charge in [-0.3, -0.25) is 0 Å². The highest BCUT2D eigenvalue weighted by Crippen LogP contribution is 2.58. The molecule has 5 aliphatic rings. The van der Waals surface area contributed by atoms with Crippen molar-refractivity contribution in [1.82, 2.24) is 0 Å². The van der Waals surface area contributed by atoms with Crippen molar-refractivity contribution in [1.29, 1.82) is 0 Å². The molecule has 0 bridgehead atoms. The molecule has 1 atom stereocenters. The number of rotatable bonds is 6. The molecule has 10 rings (SSSR count). The Morgan fingerprint density at radius 3 is 1.96 bits per heavy atom. The Morgan fingerprint density at radius 1 is 0.648 bits per heavy atom. The molecule has 276 valence electrons. The van der Waals surface area contributed by atoms with Crippen LogP contribution in [0.3, 0.4) is 0 Å². The highest BCUT2D eigenvalue weighted by Gasteiger charge is 2.44. The van der Waals surface area contributed by atoms with Crippen LogP contribution < -0.4 is 14.5 Å². The lowest BCUT2D eigenvalue weighted by Gasteiger charge is -2.39. The number of fused-ring (bicyclic) bond motifs is 8. The first-order chi connectivity index (χ1) is 26.5. The van der Waals surface area contributed by atoms with Crippen molar-refractivity contribution in [3.63, 3.8) is 0 Å². The standard InChI is InChI=1S/C48H50N2O4/c1-47(2)43-6-4-3-5-40(43)44-39-16-15-38(50-23-29-53-30-24-50)32-42(39)46-41(45(44)47)17-20-48(54-46,36-11-13-37(14-12-36)49-21-27-52-28-22-49)35-9-7-33(8-10-35)31-34-18-25-51-26-19-34/h3-17,20,32,34H,18-19,21-31H2,1-2H3. The lowest BCUT2D eigenvalue weighted by molar-refractivity contribution is 0.0665. The van der Waals surface area contributed by atoms with Gasteiger partial charge in [0.2, 0.25) is 0 Å². The van der Waals surface area contributed by atoms with Crippen molar-refractivity contribution >= 4 is 28.2 Å². The molecule has 1 aliphatic carbocycles. The molecule has 0 amide bonds. The van der Waals surface area contributed by atoms with Crippen LogP contribution in [0.4, 0.5) is 11.4 Å². The minimum atomic E-state index is -0.820. The quantitative estimate of drug-likeness (QED) is 0.175. The van der Waals surface area contributed by atoms with Crippen LogP contribution in [0.5, 0.6) is 5.75 Å². The first-order valence-electron chi connectivity index (χ1n) is 20.0. The van der Waals surface area contributed by atoms with E-state index in [0.717, 1.165) is 107 Å². The summed E-state index contributed by atoms with van der Waals surface area (Å²) >= 11 is 0. The fourth-order valence-corrected chi connectivity index (χ4v) is 9.85. The minimum Gasteiger partial charge on any atom is -0.472 e. The summed E-state index contributed by atoms with van der Waals surface area (Å²) in [6.07, 6.45) is 8.07. The van der Waals surface area contributed by atoms with Gasteiger partial charge in [0.15, 0.2) is 5.60 Å². The summed E-state index contributed by atoms with van der Waals surface area (Å²) in [5, 5.41) is 2.41. The maximum Gasteiger partial charge on any atom is 0.178 e. The molecule has 1 unspecified atom stereocenters. The van der Waals surface area contributed by atoms with Crippen LogP contribution in [-0.4, -0.2) is 65.8 Å². The van der Waals surface area contributed by atoms with E-state index in [1.165, 1.54) is 50.1 Å². The Kier molecular flexibility index (Phi) is 8.54. The zero-order valence-corrected chi connectivity index (χ0v) is 31.6. The Balaban J connectivity index is 1.15. The van der Waals surface area contributed by atoms with Crippen molar-refractivity contribution in [3.05, 3.63) is 130 Å². The molecular formula is C48H50N2O4. The molecule has 0 aromatic heterocycles. The van der Waals surface area contributed by atoms with Gasteiger partial charge in [0.1, 0.15) is 5.75 Å². The number of hydrogen-bond donors (Lipinski definition) is 0. The fraction of sp³-hybridized carbons (Fsp3) is 0.375.